The van der Waals surface area contributed by atoms with Gasteiger partial charge in [0.25, 0.3) is 0 Å². The molecule has 0 atom stereocenters. The fraction of sp³-hybridized carbons (Fsp3) is 0.0625. The van der Waals surface area contributed by atoms with Crippen LogP contribution in [-0.4, -0.2) is 29.3 Å². The van der Waals surface area contributed by atoms with Gasteiger partial charge in [-0.1, -0.05) is 133 Å². The minimum atomic E-state index is -0.983. The van der Waals surface area contributed by atoms with E-state index in [0.717, 1.165) is 10.4 Å². The molecule has 0 bridgehead atoms. The monoisotopic (exact) mass is 502 g/mol. The van der Waals surface area contributed by atoms with E-state index in [1.807, 2.05) is 24.3 Å². The minimum absolute atomic E-state index is 0.0726. The standard InChI is InChI=1S/C32H30O2Si2/c33-29-27(35-31(23-13-5-1-6-14-23)24-15-7-2-8-16-24)21-22-28(30(29)34)36-32(25-17-9-3-10-18-25)26-19-11-4-12-20-26/h1-22,31-34H,35-36H2. The van der Waals surface area contributed by atoms with E-state index >= 15 is 0 Å². The molecular weight excluding hydrogens is 473 g/mol. The summed E-state index contributed by atoms with van der Waals surface area (Å²) < 4.78 is 0. The third kappa shape index (κ3) is 5.35. The second-order valence-electron chi connectivity index (χ2n) is 9.24. The van der Waals surface area contributed by atoms with Gasteiger partial charge >= 0.3 is 0 Å². The quantitative estimate of drug-likeness (QED) is 0.246. The molecule has 0 saturated heterocycles. The summed E-state index contributed by atoms with van der Waals surface area (Å²) >= 11 is 0. The highest BCUT2D eigenvalue weighted by Crippen LogP contribution is 2.28. The Morgan fingerprint density at radius 1 is 0.361 bits per heavy atom. The van der Waals surface area contributed by atoms with E-state index < -0.39 is 19.0 Å². The molecule has 0 saturated carbocycles. The van der Waals surface area contributed by atoms with Gasteiger partial charge in [-0.25, -0.2) is 0 Å². The van der Waals surface area contributed by atoms with Gasteiger partial charge < -0.3 is 10.2 Å². The van der Waals surface area contributed by atoms with Crippen LogP contribution in [-0.2, 0) is 0 Å². The molecule has 0 aliphatic carbocycles. The molecule has 0 aromatic heterocycles. The third-order valence-corrected chi connectivity index (χ3v) is 11.7. The zero-order valence-corrected chi connectivity index (χ0v) is 23.0. The summed E-state index contributed by atoms with van der Waals surface area (Å²) in [5.41, 5.74) is 5.45. The first-order chi connectivity index (χ1) is 17.7. The number of hydrogen-bond acceptors (Lipinski definition) is 2. The molecule has 0 aliphatic heterocycles. The Bertz CT molecular complexity index is 1200. The van der Waals surface area contributed by atoms with Gasteiger partial charge in [-0.15, -0.1) is 0 Å². The predicted molar refractivity (Wildman–Crippen MR) is 156 cm³/mol. The summed E-state index contributed by atoms with van der Waals surface area (Å²) in [5, 5.41) is 24.2. The van der Waals surface area contributed by atoms with E-state index in [-0.39, 0.29) is 22.6 Å². The number of benzene rings is 5. The predicted octanol–water partition coefficient (Wildman–Crippen LogP) is 4.27. The van der Waals surface area contributed by atoms with E-state index in [4.69, 9.17) is 0 Å². The van der Waals surface area contributed by atoms with Crippen LogP contribution in [0.15, 0.2) is 133 Å². The SMILES string of the molecule is Oc1c([SiH2]C(c2ccccc2)c2ccccc2)ccc([SiH2]C(c2ccccc2)c2ccccc2)c1O. The second-order valence-corrected chi connectivity index (χ2v) is 13.2. The Morgan fingerprint density at radius 2 is 0.611 bits per heavy atom. The number of hydrogen-bond donors (Lipinski definition) is 2. The van der Waals surface area contributed by atoms with Gasteiger partial charge in [-0.05, 0) is 32.6 Å². The van der Waals surface area contributed by atoms with Crippen LogP contribution in [0, 0.1) is 0 Å². The van der Waals surface area contributed by atoms with Crippen LogP contribution in [0.5, 0.6) is 11.5 Å². The molecule has 0 unspecified atom stereocenters. The smallest absolute Gasteiger partial charge is 0.155 e. The molecule has 178 valence electrons. The Labute approximate surface area is 217 Å². The van der Waals surface area contributed by atoms with Crippen molar-refractivity contribution in [2.45, 2.75) is 11.1 Å². The zero-order valence-electron chi connectivity index (χ0n) is 20.2. The van der Waals surface area contributed by atoms with Gasteiger partial charge in [0.2, 0.25) is 0 Å². The fourth-order valence-electron chi connectivity index (χ4n) is 5.03. The van der Waals surface area contributed by atoms with Crippen molar-refractivity contribution in [2.75, 3.05) is 0 Å². The fourth-order valence-corrected chi connectivity index (χ4v) is 9.17. The lowest BCUT2D eigenvalue weighted by Crippen LogP contribution is -2.28. The average molecular weight is 503 g/mol. The van der Waals surface area contributed by atoms with Crippen LogP contribution >= 0.6 is 0 Å². The minimum Gasteiger partial charge on any atom is -0.504 e. The number of phenolic OH excluding ortho intramolecular Hbond substituents is 2. The third-order valence-electron chi connectivity index (χ3n) is 6.97. The van der Waals surface area contributed by atoms with E-state index in [0.29, 0.717) is 0 Å². The summed E-state index contributed by atoms with van der Waals surface area (Å²) in [5.74, 6) is 0.145. The lowest BCUT2D eigenvalue weighted by molar-refractivity contribution is 0.409. The molecule has 2 nitrogen and oxygen atoms in total. The molecule has 0 radical (unpaired) electrons. The van der Waals surface area contributed by atoms with Crippen molar-refractivity contribution >= 4 is 29.4 Å². The Morgan fingerprint density at radius 3 is 0.861 bits per heavy atom. The van der Waals surface area contributed by atoms with Crippen molar-refractivity contribution in [3.05, 3.63) is 156 Å². The highest BCUT2D eigenvalue weighted by Gasteiger charge is 2.22. The topological polar surface area (TPSA) is 40.5 Å². The van der Waals surface area contributed by atoms with Crippen molar-refractivity contribution in [2.24, 2.45) is 0 Å². The molecule has 0 amide bonds. The maximum absolute atomic E-state index is 11.2. The van der Waals surface area contributed by atoms with Crippen LogP contribution < -0.4 is 10.4 Å². The summed E-state index contributed by atoms with van der Waals surface area (Å²) in [7, 11) is -1.97. The van der Waals surface area contributed by atoms with Gasteiger partial charge in [-0.3, -0.25) is 0 Å². The molecule has 5 aromatic rings. The zero-order chi connectivity index (χ0) is 24.7. The van der Waals surface area contributed by atoms with Crippen molar-refractivity contribution in [1.82, 2.24) is 0 Å². The largest absolute Gasteiger partial charge is 0.504 e. The molecule has 0 aliphatic rings. The molecule has 0 spiro atoms. The average Bonchev–Trinajstić information content (AvgIpc) is 2.95. The number of aromatic hydroxyl groups is 2. The molecule has 4 heteroatoms. The molecule has 0 heterocycles. The molecular formula is C32H30O2Si2. The molecule has 36 heavy (non-hydrogen) atoms. The van der Waals surface area contributed by atoms with Crippen LogP contribution in [0.2, 0.25) is 0 Å². The van der Waals surface area contributed by atoms with E-state index in [1.165, 1.54) is 22.3 Å². The maximum Gasteiger partial charge on any atom is 0.155 e. The van der Waals surface area contributed by atoms with Crippen molar-refractivity contribution < 1.29 is 10.2 Å². The Balaban J connectivity index is 1.47. The van der Waals surface area contributed by atoms with Gasteiger partial charge in [-0.2, -0.15) is 0 Å². The summed E-state index contributed by atoms with van der Waals surface area (Å²) in [4.78, 5) is 0. The first-order valence-corrected chi connectivity index (χ1v) is 15.5. The van der Waals surface area contributed by atoms with Crippen LogP contribution in [0.1, 0.15) is 33.3 Å². The van der Waals surface area contributed by atoms with Crippen LogP contribution in [0.4, 0.5) is 0 Å². The summed E-state index contributed by atoms with van der Waals surface area (Å²) in [6.07, 6.45) is 0. The highest BCUT2D eigenvalue weighted by molar-refractivity contribution is 6.60. The lowest BCUT2D eigenvalue weighted by atomic mass is 10.0. The Hall–Kier alpha value is -3.87. The van der Waals surface area contributed by atoms with Gasteiger partial charge in [0.1, 0.15) is 0 Å². The Kier molecular flexibility index (Phi) is 7.45. The van der Waals surface area contributed by atoms with Crippen LogP contribution in [0.25, 0.3) is 0 Å². The number of phenols is 2. The second kappa shape index (κ2) is 11.2. The summed E-state index contributed by atoms with van der Waals surface area (Å²) in [6.45, 7) is 0. The molecule has 0 fully saturated rings. The van der Waals surface area contributed by atoms with Crippen molar-refractivity contribution in [3.63, 3.8) is 0 Å². The molecule has 5 rings (SSSR count). The van der Waals surface area contributed by atoms with Gasteiger partial charge in [0.15, 0.2) is 11.5 Å². The van der Waals surface area contributed by atoms with Crippen LogP contribution in [0.3, 0.4) is 0 Å². The van der Waals surface area contributed by atoms with E-state index in [9.17, 15) is 10.2 Å². The highest BCUT2D eigenvalue weighted by atomic mass is 28.2. The van der Waals surface area contributed by atoms with E-state index in [2.05, 4.69) is 109 Å². The molecule has 2 N–H and O–H groups in total. The molecule has 5 aromatic carbocycles. The van der Waals surface area contributed by atoms with Crippen molar-refractivity contribution in [3.8, 4) is 11.5 Å². The first kappa shape index (κ1) is 23.9. The normalized spacial score (nSPS) is 11.8. The number of rotatable bonds is 8. The first-order valence-electron chi connectivity index (χ1n) is 12.4. The van der Waals surface area contributed by atoms with Crippen molar-refractivity contribution in [1.29, 1.82) is 0 Å². The van der Waals surface area contributed by atoms with E-state index in [1.54, 1.807) is 0 Å². The maximum atomic E-state index is 11.2. The lowest BCUT2D eigenvalue weighted by Gasteiger charge is -2.21. The van der Waals surface area contributed by atoms with Gasteiger partial charge in [0, 0.05) is 11.1 Å². The summed E-state index contributed by atoms with van der Waals surface area (Å²) in [6, 6.07) is 46.1. The van der Waals surface area contributed by atoms with Gasteiger partial charge in [0.05, 0.1) is 19.0 Å².